The number of anilines is 1. The SMILES string of the molecule is Cc1ccc(C(=O)N2CCC(Oc3ccc(COc4ccc(-c5ccc(C(=O)Nc6cccc(O)c6)cc5)cc4)cc3)CC2)cc1. The molecule has 0 aromatic heterocycles. The number of carbonyl (C=O) groups excluding carboxylic acids is 2. The zero-order valence-corrected chi connectivity index (χ0v) is 25.7. The van der Waals surface area contributed by atoms with Crippen LogP contribution in [0.15, 0.2) is 121 Å². The summed E-state index contributed by atoms with van der Waals surface area (Å²) in [4.78, 5) is 27.3. The third-order valence-electron chi connectivity index (χ3n) is 8.10. The van der Waals surface area contributed by atoms with Crippen molar-refractivity contribution >= 4 is 17.5 Å². The van der Waals surface area contributed by atoms with Crippen LogP contribution in [0.4, 0.5) is 5.69 Å². The molecule has 7 heteroatoms. The van der Waals surface area contributed by atoms with E-state index in [0.29, 0.717) is 30.9 Å². The first-order valence-corrected chi connectivity index (χ1v) is 15.4. The Labute approximate surface area is 269 Å². The van der Waals surface area contributed by atoms with Crippen LogP contribution >= 0.6 is 0 Å². The van der Waals surface area contributed by atoms with E-state index in [9.17, 15) is 14.7 Å². The molecule has 0 bridgehead atoms. The van der Waals surface area contributed by atoms with Gasteiger partial charge in [0.1, 0.15) is 30.0 Å². The molecule has 5 aromatic carbocycles. The summed E-state index contributed by atoms with van der Waals surface area (Å²) in [6.45, 7) is 3.83. The van der Waals surface area contributed by atoms with Crippen LogP contribution in [0.3, 0.4) is 0 Å². The molecular weight excluding hydrogens is 576 g/mol. The largest absolute Gasteiger partial charge is 0.508 e. The highest BCUT2D eigenvalue weighted by molar-refractivity contribution is 6.04. The van der Waals surface area contributed by atoms with Crippen molar-refractivity contribution in [3.63, 3.8) is 0 Å². The van der Waals surface area contributed by atoms with Gasteiger partial charge >= 0.3 is 0 Å². The molecule has 0 saturated carbocycles. The van der Waals surface area contributed by atoms with Crippen molar-refractivity contribution in [2.75, 3.05) is 18.4 Å². The molecule has 0 unspecified atom stereocenters. The van der Waals surface area contributed by atoms with Crippen molar-refractivity contribution in [2.24, 2.45) is 0 Å². The quantitative estimate of drug-likeness (QED) is 0.177. The van der Waals surface area contributed by atoms with E-state index in [0.717, 1.165) is 52.2 Å². The smallest absolute Gasteiger partial charge is 0.255 e. The van der Waals surface area contributed by atoms with Crippen LogP contribution in [0.1, 0.15) is 44.7 Å². The molecular formula is C39H36N2O5. The Hall–Kier alpha value is -5.56. The summed E-state index contributed by atoms with van der Waals surface area (Å²) >= 11 is 0. The van der Waals surface area contributed by atoms with Gasteiger partial charge in [-0.1, -0.05) is 60.2 Å². The van der Waals surface area contributed by atoms with Gasteiger partial charge in [0, 0.05) is 48.8 Å². The summed E-state index contributed by atoms with van der Waals surface area (Å²) in [6, 6.07) is 37.4. The van der Waals surface area contributed by atoms with Gasteiger partial charge in [-0.3, -0.25) is 9.59 Å². The number of piperidine rings is 1. The molecule has 7 nitrogen and oxygen atoms in total. The van der Waals surface area contributed by atoms with Crippen LogP contribution in [0.25, 0.3) is 11.1 Å². The molecule has 1 heterocycles. The van der Waals surface area contributed by atoms with Crippen LogP contribution < -0.4 is 14.8 Å². The lowest BCUT2D eigenvalue weighted by atomic mass is 10.0. The van der Waals surface area contributed by atoms with E-state index >= 15 is 0 Å². The third kappa shape index (κ3) is 7.74. The maximum Gasteiger partial charge on any atom is 0.255 e. The lowest BCUT2D eigenvalue weighted by Gasteiger charge is -2.32. The summed E-state index contributed by atoms with van der Waals surface area (Å²) in [5.41, 5.74) is 5.98. The van der Waals surface area contributed by atoms with E-state index in [4.69, 9.17) is 9.47 Å². The second kappa shape index (κ2) is 14.0. The Morgan fingerprint density at radius 1 is 0.761 bits per heavy atom. The minimum absolute atomic E-state index is 0.0837. The fourth-order valence-corrected chi connectivity index (χ4v) is 5.42. The maximum absolute atomic E-state index is 12.8. The number of aromatic hydroxyl groups is 1. The van der Waals surface area contributed by atoms with Crippen molar-refractivity contribution in [1.82, 2.24) is 4.90 Å². The predicted octanol–water partition coefficient (Wildman–Crippen LogP) is 7.88. The highest BCUT2D eigenvalue weighted by Crippen LogP contribution is 2.25. The molecule has 232 valence electrons. The Morgan fingerprint density at radius 2 is 1.37 bits per heavy atom. The number of amides is 2. The molecule has 6 rings (SSSR count). The Morgan fingerprint density at radius 3 is 2.02 bits per heavy atom. The fourth-order valence-electron chi connectivity index (χ4n) is 5.42. The van der Waals surface area contributed by atoms with Gasteiger partial charge in [-0.15, -0.1) is 0 Å². The number of aryl methyl sites for hydroxylation is 1. The monoisotopic (exact) mass is 612 g/mol. The van der Waals surface area contributed by atoms with Gasteiger partial charge in [-0.05, 0) is 84.3 Å². The van der Waals surface area contributed by atoms with Gasteiger partial charge in [0.15, 0.2) is 0 Å². The number of hydrogen-bond acceptors (Lipinski definition) is 5. The topological polar surface area (TPSA) is 88.1 Å². The van der Waals surface area contributed by atoms with Crippen molar-refractivity contribution in [3.05, 3.63) is 144 Å². The molecule has 2 amide bonds. The summed E-state index contributed by atoms with van der Waals surface area (Å²) in [6.07, 6.45) is 1.69. The summed E-state index contributed by atoms with van der Waals surface area (Å²) < 4.78 is 12.2. The number of benzene rings is 5. The van der Waals surface area contributed by atoms with E-state index in [1.807, 2.05) is 96.8 Å². The second-order valence-electron chi connectivity index (χ2n) is 11.5. The zero-order chi connectivity index (χ0) is 31.9. The van der Waals surface area contributed by atoms with E-state index in [-0.39, 0.29) is 23.7 Å². The van der Waals surface area contributed by atoms with Crippen molar-refractivity contribution in [2.45, 2.75) is 32.5 Å². The highest BCUT2D eigenvalue weighted by Gasteiger charge is 2.24. The Kier molecular flexibility index (Phi) is 9.29. The van der Waals surface area contributed by atoms with Crippen LogP contribution in [-0.2, 0) is 6.61 Å². The zero-order valence-electron chi connectivity index (χ0n) is 25.7. The summed E-state index contributed by atoms with van der Waals surface area (Å²) in [5.74, 6) is 1.52. The number of rotatable bonds is 9. The molecule has 1 fully saturated rings. The molecule has 1 aliphatic rings. The first kappa shape index (κ1) is 30.5. The molecule has 0 aliphatic carbocycles. The molecule has 2 N–H and O–H groups in total. The summed E-state index contributed by atoms with van der Waals surface area (Å²) in [7, 11) is 0. The number of nitrogens with one attached hydrogen (secondary N) is 1. The van der Waals surface area contributed by atoms with Gasteiger partial charge in [0.25, 0.3) is 11.8 Å². The first-order valence-electron chi connectivity index (χ1n) is 15.4. The van der Waals surface area contributed by atoms with E-state index in [1.54, 1.807) is 30.3 Å². The molecule has 0 spiro atoms. The van der Waals surface area contributed by atoms with Gasteiger partial charge in [0.2, 0.25) is 0 Å². The molecule has 0 atom stereocenters. The number of carbonyl (C=O) groups is 2. The number of ether oxygens (including phenoxy) is 2. The molecule has 0 radical (unpaired) electrons. The summed E-state index contributed by atoms with van der Waals surface area (Å²) in [5, 5.41) is 12.4. The van der Waals surface area contributed by atoms with Crippen LogP contribution in [0.5, 0.6) is 17.2 Å². The van der Waals surface area contributed by atoms with Gasteiger partial charge in [-0.2, -0.15) is 0 Å². The van der Waals surface area contributed by atoms with Crippen LogP contribution in [0.2, 0.25) is 0 Å². The van der Waals surface area contributed by atoms with Crippen molar-refractivity contribution < 1.29 is 24.2 Å². The van der Waals surface area contributed by atoms with E-state index < -0.39 is 0 Å². The average Bonchev–Trinajstić information content (AvgIpc) is 3.09. The van der Waals surface area contributed by atoms with Crippen LogP contribution in [0, 0.1) is 6.92 Å². The fraction of sp³-hybridized carbons (Fsp3) is 0.179. The number of hydrogen-bond donors (Lipinski definition) is 2. The second-order valence-corrected chi connectivity index (χ2v) is 11.5. The van der Waals surface area contributed by atoms with Gasteiger partial charge < -0.3 is 24.8 Å². The van der Waals surface area contributed by atoms with E-state index in [2.05, 4.69) is 5.32 Å². The normalized spacial score (nSPS) is 13.2. The molecule has 1 aliphatic heterocycles. The Bertz CT molecular complexity index is 1780. The van der Waals surface area contributed by atoms with Gasteiger partial charge in [-0.25, -0.2) is 0 Å². The predicted molar refractivity (Wildman–Crippen MR) is 179 cm³/mol. The highest BCUT2D eigenvalue weighted by atomic mass is 16.5. The first-order chi connectivity index (χ1) is 22.4. The number of likely N-dealkylation sites (tertiary alicyclic amines) is 1. The van der Waals surface area contributed by atoms with Crippen molar-refractivity contribution in [3.8, 4) is 28.4 Å². The maximum atomic E-state index is 12.8. The lowest BCUT2D eigenvalue weighted by Crippen LogP contribution is -2.41. The van der Waals surface area contributed by atoms with Gasteiger partial charge in [0.05, 0.1) is 0 Å². The van der Waals surface area contributed by atoms with Crippen molar-refractivity contribution in [1.29, 1.82) is 0 Å². The number of phenols is 1. The number of phenolic OH excluding ortho intramolecular Hbond substituents is 1. The van der Waals surface area contributed by atoms with E-state index in [1.165, 1.54) is 6.07 Å². The molecule has 5 aromatic rings. The Balaban J connectivity index is 0.951. The minimum Gasteiger partial charge on any atom is -0.508 e. The standard InChI is InChI=1S/C39H36N2O5/c1-27-5-9-32(10-6-27)39(44)41-23-21-37(22-24-41)46-36-17-7-28(8-18-36)26-45-35-19-15-30(16-20-35)29-11-13-31(14-12-29)38(43)40-33-3-2-4-34(42)25-33/h2-20,25,37,42H,21-24,26H2,1H3,(H,40,43). The lowest BCUT2D eigenvalue weighted by molar-refractivity contribution is 0.0595. The average molecular weight is 613 g/mol. The molecule has 1 saturated heterocycles. The minimum atomic E-state index is -0.243. The number of nitrogens with zero attached hydrogens (tertiary/aromatic N) is 1. The third-order valence-corrected chi connectivity index (χ3v) is 8.10. The molecule has 46 heavy (non-hydrogen) atoms. The van der Waals surface area contributed by atoms with Crippen LogP contribution in [-0.4, -0.2) is 41.0 Å².